The van der Waals surface area contributed by atoms with E-state index in [-0.39, 0.29) is 0 Å². The van der Waals surface area contributed by atoms with Gasteiger partial charge in [0, 0.05) is 29.0 Å². The van der Waals surface area contributed by atoms with Crippen molar-refractivity contribution >= 4 is 23.0 Å². The van der Waals surface area contributed by atoms with Gasteiger partial charge in [-0.3, -0.25) is 0 Å². The number of benzene rings is 2. The van der Waals surface area contributed by atoms with Crippen LogP contribution in [0.25, 0.3) is 0 Å². The second kappa shape index (κ2) is 5.11. The Hall–Kier alpha value is -1.67. The number of halogens is 1. The van der Waals surface area contributed by atoms with E-state index in [9.17, 15) is 0 Å². The van der Waals surface area contributed by atoms with Crippen LogP contribution in [0.2, 0.25) is 5.02 Å². The predicted molar refractivity (Wildman–Crippen MR) is 73.2 cm³/mol. The molecule has 0 bridgehead atoms. The predicted octanol–water partition coefficient (Wildman–Crippen LogP) is 3.64. The maximum Gasteiger partial charge on any atom is 0.0455 e. The number of nitrogens with two attached hydrogens (primary N) is 1. The molecule has 2 aromatic rings. The lowest BCUT2D eigenvalue weighted by molar-refractivity contribution is 1.15. The molecule has 0 amide bonds. The maximum absolute atomic E-state index is 6.06. The summed E-state index contributed by atoms with van der Waals surface area (Å²) in [6.07, 6.45) is 0. The molecular weight excluding hydrogens is 232 g/mol. The van der Waals surface area contributed by atoms with Crippen LogP contribution >= 0.6 is 11.6 Å². The van der Waals surface area contributed by atoms with Crippen molar-refractivity contribution in [1.29, 1.82) is 0 Å². The fourth-order valence-electron chi connectivity index (χ4n) is 1.55. The van der Waals surface area contributed by atoms with Gasteiger partial charge in [-0.05, 0) is 36.2 Å². The van der Waals surface area contributed by atoms with Crippen LogP contribution in [0.5, 0.6) is 0 Å². The van der Waals surface area contributed by atoms with Gasteiger partial charge in [0.15, 0.2) is 0 Å². The normalized spacial score (nSPS) is 10.2. The molecule has 2 rings (SSSR count). The van der Waals surface area contributed by atoms with Gasteiger partial charge in [0.1, 0.15) is 0 Å². The van der Waals surface area contributed by atoms with E-state index in [4.69, 9.17) is 17.3 Å². The minimum absolute atomic E-state index is 0.659. The molecule has 1 radical (unpaired) electrons. The highest BCUT2D eigenvalue weighted by Crippen LogP contribution is 2.20. The van der Waals surface area contributed by atoms with E-state index in [0.29, 0.717) is 5.69 Å². The van der Waals surface area contributed by atoms with Crippen LogP contribution in [0.3, 0.4) is 0 Å². The Morgan fingerprint density at radius 2 is 2.12 bits per heavy atom. The monoisotopic (exact) mass is 245 g/mol. The molecule has 2 aromatic carbocycles. The van der Waals surface area contributed by atoms with Gasteiger partial charge >= 0.3 is 0 Å². The zero-order chi connectivity index (χ0) is 12.3. The van der Waals surface area contributed by atoms with Crippen LogP contribution < -0.4 is 11.1 Å². The van der Waals surface area contributed by atoms with Gasteiger partial charge < -0.3 is 11.1 Å². The second-order valence-electron chi connectivity index (χ2n) is 3.97. The van der Waals surface area contributed by atoms with Crippen molar-refractivity contribution in [2.24, 2.45) is 0 Å². The third-order valence-corrected chi connectivity index (χ3v) is 2.96. The first-order valence-electron chi connectivity index (χ1n) is 5.41. The molecule has 0 fully saturated rings. The number of nitrogen functional groups attached to an aromatic ring is 1. The van der Waals surface area contributed by atoms with Crippen LogP contribution in [0.4, 0.5) is 11.4 Å². The van der Waals surface area contributed by atoms with Crippen molar-refractivity contribution in [1.82, 2.24) is 0 Å². The zero-order valence-electron chi connectivity index (χ0n) is 9.63. The van der Waals surface area contributed by atoms with Crippen molar-refractivity contribution < 1.29 is 0 Å². The number of anilines is 2. The molecule has 0 spiro atoms. The molecule has 3 N–H and O–H groups in total. The van der Waals surface area contributed by atoms with E-state index < -0.39 is 0 Å². The fourth-order valence-corrected chi connectivity index (χ4v) is 1.73. The summed E-state index contributed by atoms with van der Waals surface area (Å²) in [5, 5.41) is 4.08. The largest absolute Gasteiger partial charge is 0.398 e. The van der Waals surface area contributed by atoms with Gasteiger partial charge in [0.25, 0.3) is 0 Å². The van der Waals surface area contributed by atoms with Gasteiger partial charge in [-0.25, -0.2) is 0 Å². The molecule has 0 saturated carbocycles. The Kier molecular flexibility index (Phi) is 3.55. The molecule has 87 valence electrons. The minimum Gasteiger partial charge on any atom is -0.398 e. The summed E-state index contributed by atoms with van der Waals surface area (Å²) in [5.74, 6) is 0. The van der Waals surface area contributed by atoms with Crippen LogP contribution in [0.15, 0.2) is 36.4 Å². The fraction of sp³-hybridized carbons (Fsp3) is 0.143. The highest BCUT2D eigenvalue weighted by molar-refractivity contribution is 6.31. The summed E-state index contributed by atoms with van der Waals surface area (Å²) in [6, 6.07) is 14.6. The summed E-state index contributed by atoms with van der Waals surface area (Å²) in [6.45, 7) is 2.71. The maximum atomic E-state index is 6.06. The van der Waals surface area contributed by atoms with Crippen LogP contribution in [-0.2, 0) is 6.54 Å². The van der Waals surface area contributed by atoms with E-state index in [2.05, 4.69) is 11.4 Å². The molecule has 2 nitrogen and oxygen atoms in total. The lowest BCUT2D eigenvalue weighted by Gasteiger charge is -2.08. The Morgan fingerprint density at radius 3 is 2.82 bits per heavy atom. The first-order chi connectivity index (χ1) is 8.15. The summed E-state index contributed by atoms with van der Waals surface area (Å²) in [4.78, 5) is 0. The quantitative estimate of drug-likeness (QED) is 0.811. The molecule has 0 saturated heterocycles. The number of hydrogen-bond acceptors (Lipinski definition) is 2. The second-order valence-corrected chi connectivity index (χ2v) is 4.38. The molecule has 3 heteroatoms. The van der Waals surface area contributed by atoms with Crippen LogP contribution in [0.1, 0.15) is 11.1 Å². The van der Waals surface area contributed by atoms with E-state index >= 15 is 0 Å². The third-order valence-electron chi connectivity index (χ3n) is 2.56. The number of rotatable bonds is 3. The highest BCUT2D eigenvalue weighted by atomic mass is 35.5. The Bertz CT molecular complexity index is 523. The summed E-state index contributed by atoms with van der Waals surface area (Å²) >= 11 is 6.06. The zero-order valence-corrected chi connectivity index (χ0v) is 10.4. The molecule has 0 atom stereocenters. The standard InChI is InChI=1S/C14H14ClN2/c1-10-5-6-13(8-14(10)15)17-9-11-3-2-4-12(16)7-11/h2-3,5-8,17H,9,16H2,1H3. The van der Waals surface area contributed by atoms with E-state index in [0.717, 1.165) is 28.4 Å². The molecule has 17 heavy (non-hydrogen) atoms. The van der Waals surface area contributed by atoms with Crippen LogP contribution in [-0.4, -0.2) is 0 Å². The van der Waals surface area contributed by atoms with Crippen molar-refractivity contribution in [3.63, 3.8) is 0 Å². The topological polar surface area (TPSA) is 38.0 Å². The Labute approximate surface area is 106 Å². The summed E-state index contributed by atoms with van der Waals surface area (Å²) in [7, 11) is 0. The molecule has 0 aliphatic heterocycles. The van der Waals surface area contributed by atoms with E-state index in [1.54, 1.807) is 0 Å². The van der Waals surface area contributed by atoms with E-state index in [1.165, 1.54) is 0 Å². The van der Waals surface area contributed by atoms with Crippen molar-refractivity contribution in [2.45, 2.75) is 13.5 Å². The third kappa shape index (κ3) is 3.14. The van der Waals surface area contributed by atoms with Crippen molar-refractivity contribution in [3.8, 4) is 0 Å². The molecular formula is C14H14ClN2. The lowest BCUT2D eigenvalue weighted by Crippen LogP contribution is -2.00. The first-order valence-corrected chi connectivity index (χ1v) is 5.79. The Morgan fingerprint density at radius 1 is 1.29 bits per heavy atom. The summed E-state index contributed by atoms with van der Waals surface area (Å²) in [5.41, 5.74) is 9.53. The first kappa shape index (κ1) is 11.8. The molecule has 0 heterocycles. The van der Waals surface area contributed by atoms with Crippen LogP contribution in [0, 0.1) is 13.0 Å². The summed E-state index contributed by atoms with van der Waals surface area (Å²) < 4.78 is 0. The van der Waals surface area contributed by atoms with E-state index in [1.807, 2.05) is 43.3 Å². The van der Waals surface area contributed by atoms with Gasteiger partial charge in [0.05, 0.1) is 0 Å². The molecule has 0 unspecified atom stereocenters. The number of aryl methyl sites for hydroxylation is 1. The SMILES string of the molecule is Cc1ccc(NCc2cc[c]c(N)c2)cc1Cl. The van der Waals surface area contributed by atoms with Gasteiger partial charge in [0.2, 0.25) is 0 Å². The average molecular weight is 246 g/mol. The smallest absolute Gasteiger partial charge is 0.0455 e. The van der Waals surface area contributed by atoms with Crippen molar-refractivity contribution in [2.75, 3.05) is 11.1 Å². The molecule has 0 aliphatic carbocycles. The van der Waals surface area contributed by atoms with Gasteiger partial charge in [-0.15, -0.1) is 0 Å². The Balaban J connectivity index is 2.05. The minimum atomic E-state index is 0.659. The van der Waals surface area contributed by atoms with Gasteiger partial charge in [-0.1, -0.05) is 29.8 Å². The lowest BCUT2D eigenvalue weighted by atomic mass is 10.2. The number of hydrogen-bond donors (Lipinski definition) is 2. The number of nitrogens with one attached hydrogen (secondary N) is 1. The molecule has 0 aromatic heterocycles. The van der Waals surface area contributed by atoms with Gasteiger partial charge in [-0.2, -0.15) is 0 Å². The van der Waals surface area contributed by atoms with Crippen molar-refractivity contribution in [3.05, 3.63) is 58.6 Å². The highest BCUT2D eigenvalue weighted by Gasteiger charge is 1.98. The average Bonchev–Trinajstić information content (AvgIpc) is 2.31. The molecule has 0 aliphatic rings.